The predicted molar refractivity (Wildman–Crippen MR) is 56.3 cm³/mol. The minimum absolute atomic E-state index is 0.0616. The molecule has 3 N–H and O–H groups in total. The molecule has 1 aliphatic rings. The average molecular weight is 227 g/mol. The van der Waals surface area contributed by atoms with E-state index in [4.69, 9.17) is 10.8 Å². The molecule has 0 aliphatic heterocycles. The highest BCUT2D eigenvalue weighted by Gasteiger charge is 2.53. The van der Waals surface area contributed by atoms with Gasteiger partial charge in [0.15, 0.2) is 9.84 Å². The Balaban J connectivity index is 2.43. The third-order valence-corrected chi connectivity index (χ3v) is 5.50. The van der Waals surface area contributed by atoms with Crippen molar-refractivity contribution in [3.8, 4) is 5.75 Å². The summed E-state index contributed by atoms with van der Waals surface area (Å²) in [5.41, 5.74) is 5.49. The van der Waals surface area contributed by atoms with E-state index in [9.17, 15) is 8.42 Å². The first kappa shape index (κ1) is 10.4. The lowest BCUT2D eigenvalue weighted by Gasteiger charge is -2.13. The molecule has 1 aromatic carbocycles. The van der Waals surface area contributed by atoms with Crippen molar-refractivity contribution in [2.45, 2.75) is 22.5 Å². The van der Waals surface area contributed by atoms with Crippen LogP contribution < -0.4 is 5.73 Å². The quantitative estimate of drug-likeness (QED) is 0.794. The number of aromatic hydroxyl groups is 1. The summed E-state index contributed by atoms with van der Waals surface area (Å²) >= 11 is 0. The van der Waals surface area contributed by atoms with Crippen molar-refractivity contribution in [3.05, 3.63) is 24.3 Å². The van der Waals surface area contributed by atoms with Crippen LogP contribution in [-0.2, 0) is 9.84 Å². The highest BCUT2D eigenvalue weighted by molar-refractivity contribution is 7.93. The number of sulfone groups is 1. The zero-order chi connectivity index (χ0) is 11.1. The summed E-state index contributed by atoms with van der Waals surface area (Å²) in [4.78, 5) is 0.239. The number of benzene rings is 1. The van der Waals surface area contributed by atoms with Gasteiger partial charge < -0.3 is 10.8 Å². The lowest BCUT2D eigenvalue weighted by molar-refractivity contribution is 0.474. The first-order valence-electron chi connectivity index (χ1n) is 4.76. The largest absolute Gasteiger partial charge is 0.508 e. The fourth-order valence-corrected chi connectivity index (χ4v) is 3.45. The number of rotatable bonds is 3. The number of nitrogens with two attached hydrogens (primary N) is 1. The molecule has 4 nitrogen and oxygen atoms in total. The number of hydrogen-bond acceptors (Lipinski definition) is 4. The number of phenols is 1. The van der Waals surface area contributed by atoms with Gasteiger partial charge in [-0.2, -0.15) is 0 Å². The Morgan fingerprint density at radius 2 is 1.80 bits per heavy atom. The Hall–Kier alpha value is -1.07. The Morgan fingerprint density at radius 3 is 2.20 bits per heavy atom. The summed E-state index contributed by atoms with van der Waals surface area (Å²) < 4.78 is 23.4. The fraction of sp³-hybridized carbons (Fsp3) is 0.400. The van der Waals surface area contributed by atoms with E-state index in [-0.39, 0.29) is 17.2 Å². The third kappa shape index (κ3) is 1.52. The summed E-state index contributed by atoms with van der Waals surface area (Å²) in [7, 11) is -3.33. The zero-order valence-electron chi connectivity index (χ0n) is 8.18. The summed E-state index contributed by atoms with van der Waals surface area (Å²) in [6.07, 6.45) is 1.26. The van der Waals surface area contributed by atoms with Crippen molar-refractivity contribution >= 4 is 9.84 Å². The topological polar surface area (TPSA) is 80.4 Å². The molecule has 1 saturated carbocycles. The van der Waals surface area contributed by atoms with Crippen LogP contribution in [0.1, 0.15) is 12.8 Å². The zero-order valence-corrected chi connectivity index (χ0v) is 9.00. The van der Waals surface area contributed by atoms with Crippen LogP contribution in [0.5, 0.6) is 5.75 Å². The molecule has 0 unspecified atom stereocenters. The maximum Gasteiger partial charge on any atom is 0.185 e. The van der Waals surface area contributed by atoms with Gasteiger partial charge in [0.2, 0.25) is 0 Å². The second-order valence-corrected chi connectivity index (χ2v) is 6.23. The first-order chi connectivity index (χ1) is 7.02. The van der Waals surface area contributed by atoms with Crippen LogP contribution in [0.4, 0.5) is 0 Å². The molecule has 2 rings (SSSR count). The number of phenolic OH excluding ortho intramolecular Hbond substituents is 1. The average Bonchev–Trinajstić information content (AvgIpc) is 2.99. The fourth-order valence-electron chi connectivity index (χ4n) is 1.60. The first-order valence-corrected chi connectivity index (χ1v) is 6.24. The van der Waals surface area contributed by atoms with Gasteiger partial charge in [-0.1, -0.05) is 0 Å². The molecule has 82 valence electrons. The molecule has 1 aromatic rings. The molecule has 0 atom stereocenters. The second kappa shape index (κ2) is 3.21. The summed E-state index contributed by atoms with van der Waals surface area (Å²) in [5, 5.41) is 9.08. The summed E-state index contributed by atoms with van der Waals surface area (Å²) in [6, 6.07) is 5.58. The lowest BCUT2D eigenvalue weighted by atomic mass is 10.3. The normalized spacial score (nSPS) is 18.7. The maximum absolute atomic E-state index is 12.1. The Kier molecular flexibility index (Phi) is 2.24. The third-order valence-electron chi connectivity index (χ3n) is 2.90. The molecule has 0 aromatic heterocycles. The molecule has 5 heteroatoms. The van der Waals surface area contributed by atoms with Crippen LogP contribution in [0, 0.1) is 0 Å². The lowest BCUT2D eigenvalue weighted by Crippen LogP contribution is -2.31. The van der Waals surface area contributed by atoms with Gasteiger partial charge in [-0.25, -0.2) is 8.42 Å². The highest BCUT2D eigenvalue weighted by Crippen LogP contribution is 2.45. The second-order valence-electron chi connectivity index (χ2n) is 3.88. The van der Waals surface area contributed by atoms with Crippen LogP contribution in [-0.4, -0.2) is 24.8 Å². The van der Waals surface area contributed by atoms with Gasteiger partial charge in [-0.3, -0.25) is 0 Å². The van der Waals surface area contributed by atoms with Crippen LogP contribution in [0.25, 0.3) is 0 Å². The molecule has 0 radical (unpaired) electrons. The minimum Gasteiger partial charge on any atom is -0.508 e. The van der Waals surface area contributed by atoms with Crippen molar-refractivity contribution < 1.29 is 13.5 Å². The van der Waals surface area contributed by atoms with E-state index in [1.54, 1.807) is 0 Å². The van der Waals surface area contributed by atoms with Crippen molar-refractivity contribution in [1.29, 1.82) is 0 Å². The van der Waals surface area contributed by atoms with Crippen LogP contribution >= 0.6 is 0 Å². The Bertz CT molecular complexity index is 460. The SMILES string of the molecule is NCC1(S(=O)(=O)c2ccc(O)cc2)CC1. The van der Waals surface area contributed by atoms with E-state index in [1.807, 2.05) is 0 Å². The Labute approximate surface area is 88.6 Å². The smallest absolute Gasteiger partial charge is 0.185 e. The minimum atomic E-state index is -3.33. The van der Waals surface area contributed by atoms with Gasteiger partial charge in [0.25, 0.3) is 0 Å². The van der Waals surface area contributed by atoms with Gasteiger partial charge in [-0.15, -0.1) is 0 Å². The van der Waals surface area contributed by atoms with E-state index in [0.29, 0.717) is 12.8 Å². The van der Waals surface area contributed by atoms with Crippen molar-refractivity contribution in [2.75, 3.05) is 6.54 Å². The van der Waals surface area contributed by atoms with Crippen LogP contribution in [0.2, 0.25) is 0 Å². The Morgan fingerprint density at radius 1 is 1.27 bits per heavy atom. The molecular weight excluding hydrogens is 214 g/mol. The molecule has 0 heterocycles. The number of hydrogen-bond donors (Lipinski definition) is 2. The maximum atomic E-state index is 12.1. The van der Waals surface area contributed by atoms with Crippen LogP contribution in [0.3, 0.4) is 0 Å². The molecule has 0 amide bonds. The van der Waals surface area contributed by atoms with E-state index in [1.165, 1.54) is 24.3 Å². The predicted octanol–water partition coefficient (Wildman–Crippen LogP) is 0.657. The van der Waals surface area contributed by atoms with Crippen molar-refractivity contribution in [3.63, 3.8) is 0 Å². The molecule has 15 heavy (non-hydrogen) atoms. The van der Waals surface area contributed by atoms with E-state index in [0.717, 1.165) is 0 Å². The van der Waals surface area contributed by atoms with Gasteiger partial charge in [0, 0.05) is 6.54 Å². The molecule has 0 saturated heterocycles. The summed E-state index contributed by atoms with van der Waals surface area (Å²) in [5.74, 6) is 0.0616. The van der Waals surface area contributed by atoms with Gasteiger partial charge in [-0.05, 0) is 37.1 Å². The monoisotopic (exact) mass is 227 g/mol. The molecule has 0 bridgehead atoms. The van der Waals surface area contributed by atoms with Crippen molar-refractivity contribution in [1.82, 2.24) is 0 Å². The molecule has 1 fully saturated rings. The van der Waals surface area contributed by atoms with E-state index < -0.39 is 14.6 Å². The molecule has 1 aliphatic carbocycles. The highest BCUT2D eigenvalue weighted by atomic mass is 32.2. The van der Waals surface area contributed by atoms with Crippen LogP contribution in [0.15, 0.2) is 29.2 Å². The van der Waals surface area contributed by atoms with E-state index in [2.05, 4.69) is 0 Å². The van der Waals surface area contributed by atoms with E-state index >= 15 is 0 Å². The van der Waals surface area contributed by atoms with Gasteiger partial charge in [0.05, 0.1) is 9.64 Å². The standard InChI is InChI=1S/C10H13NO3S/c11-7-10(5-6-10)15(13,14)9-3-1-8(12)2-4-9/h1-4,12H,5-7,11H2. The van der Waals surface area contributed by atoms with Crippen molar-refractivity contribution in [2.24, 2.45) is 5.73 Å². The van der Waals surface area contributed by atoms with Gasteiger partial charge >= 0.3 is 0 Å². The summed E-state index contributed by atoms with van der Waals surface area (Å²) in [6.45, 7) is 0.163. The van der Waals surface area contributed by atoms with Gasteiger partial charge in [0.1, 0.15) is 5.75 Å². The molecular formula is C10H13NO3S. The molecule has 0 spiro atoms.